The number of carbonyl (C=O) groups is 1. The highest BCUT2D eigenvalue weighted by Crippen LogP contribution is 2.27. The number of nitrogens with zero attached hydrogens (tertiary/aromatic N) is 1. The van der Waals surface area contributed by atoms with E-state index in [0.29, 0.717) is 24.6 Å². The Morgan fingerprint density at radius 1 is 1.52 bits per heavy atom. The number of thiophene rings is 1. The van der Waals surface area contributed by atoms with E-state index in [9.17, 15) is 9.18 Å². The molecule has 1 aliphatic rings. The molecule has 2 unspecified atom stereocenters. The zero-order valence-electron chi connectivity index (χ0n) is 11.7. The molecular weight excluding hydrogens is 291 g/mol. The summed E-state index contributed by atoms with van der Waals surface area (Å²) in [4.78, 5) is 15.0. The number of benzene rings is 1. The predicted molar refractivity (Wildman–Crippen MR) is 81.1 cm³/mol. The van der Waals surface area contributed by atoms with Crippen LogP contribution >= 0.6 is 11.3 Å². The Morgan fingerprint density at radius 2 is 2.33 bits per heavy atom. The number of hydrogen-bond donors (Lipinski definition) is 1. The van der Waals surface area contributed by atoms with E-state index in [-0.39, 0.29) is 23.9 Å². The van der Waals surface area contributed by atoms with Crippen molar-refractivity contribution in [3.63, 3.8) is 0 Å². The van der Waals surface area contributed by atoms with Crippen LogP contribution in [0.25, 0.3) is 10.1 Å². The van der Waals surface area contributed by atoms with Crippen LogP contribution in [-0.4, -0.2) is 42.6 Å². The maximum Gasteiger partial charge on any atom is 0.264 e. The highest BCUT2D eigenvalue weighted by atomic mass is 32.1. The maximum absolute atomic E-state index is 13.2. The molecule has 2 aromatic rings. The van der Waals surface area contributed by atoms with Gasteiger partial charge in [-0.1, -0.05) is 6.07 Å². The number of halogens is 1. The molecule has 0 bridgehead atoms. The van der Waals surface area contributed by atoms with Gasteiger partial charge in [0.15, 0.2) is 0 Å². The van der Waals surface area contributed by atoms with Crippen LogP contribution in [0.15, 0.2) is 24.3 Å². The van der Waals surface area contributed by atoms with Crippen molar-refractivity contribution < 1.29 is 13.9 Å². The highest BCUT2D eigenvalue weighted by molar-refractivity contribution is 7.20. The first kappa shape index (κ1) is 14.4. The zero-order chi connectivity index (χ0) is 15.0. The van der Waals surface area contributed by atoms with Gasteiger partial charge in [0.05, 0.1) is 17.6 Å². The SMILES string of the molecule is CC(N)C1CN(C(=O)c2cc3ccc(F)cc3s2)CCO1. The van der Waals surface area contributed by atoms with E-state index in [1.807, 2.05) is 13.0 Å². The van der Waals surface area contributed by atoms with E-state index in [4.69, 9.17) is 10.5 Å². The second-order valence-corrected chi connectivity index (χ2v) is 6.40. The molecule has 3 rings (SSSR count). The maximum atomic E-state index is 13.2. The molecule has 1 fully saturated rings. The predicted octanol–water partition coefficient (Wildman–Crippen LogP) is 2.23. The lowest BCUT2D eigenvalue weighted by Gasteiger charge is -2.34. The van der Waals surface area contributed by atoms with Gasteiger partial charge in [0, 0.05) is 23.8 Å². The van der Waals surface area contributed by atoms with Gasteiger partial charge < -0.3 is 15.4 Å². The van der Waals surface area contributed by atoms with Gasteiger partial charge in [-0.15, -0.1) is 11.3 Å². The highest BCUT2D eigenvalue weighted by Gasteiger charge is 2.27. The molecule has 0 radical (unpaired) electrons. The Labute approximate surface area is 126 Å². The van der Waals surface area contributed by atoms with Crippen LogP contribution in [0.1, 0.15) is 16.6 Å². The van der Waals surface area contributed by atoms with Crippen LogP contribution in [0.5, 0.6) is 0 Å². The van der Waals surface area contributed by atoms with Gasteiger partial charge >= 0.3 is 0 Å². The third kappa shape index (κ3) is 2.92. The molecule has 6 heteroatoms. The number of hydrogen-bond acceptors (Lipinski definition) is 4. The minimum atomic E-state index is -0.285. The van der Waals surface area contributed by atoms with Crippen molar-refractivity contribution in [3.8, 4) is 0 Å². The summed E-state index contributed by atoms with van der Waals surface area (Å²) in [6.45, 7) is 3.43. The molecule has 1 saturated heterocycles. The van der Waals surface area contributed by atoms with Crippen LogP contribution in [0.3, 0.4) is 0 Å². The van der Waals surface area contributed by atoms with Crippen molar-refractivity contribution in [2.45, 2.75) is 19.1 Å². The summed E-state index contributed by atoms with van der Waals surface area (Å²) < 4.78 is 19.6. The number of morpholine rings is 1. The fourth-order valence-electron chi connectivity index (χ4n) is 2.44. The summed E-state index contributed by atoms with van der Waals surface area (Å²) in [5, 5.41) is 0.891. The Morgan fingerprint density at radius 3 is 3.10 bits per heavy atom. The Hall–Kier alpha value is -1.50. The van der Waals surface area contributed by atoms with Gasteiger partial charge in [-0.2, -0.15) is 0 Å². The second-order valence-electron chi connectivity index (χ2n) is 5.31. The molecule has 2 heterocycles. The van der Waals surface area contributed by atoms with Gasteiger partial charge in [-0.05, 0) is 30.5 Å². The summed E-state index contributed by atoms with van der Waals surface area (Å²) in [6, 6.07) is 6.27. The van der Waals surface area contributed by atoms with Crippen LogP contribution in [0, 0.1) is 5.82 Å². The van der Waals surface area contributed by atoms with Crippen LogP contribution in [0.4, 0.5) is 4.39 Å². The number of carbonyl (C=O) groups excluding carboxylic acids is 1. The zero-order valence-corrected chi connectivity index (χ0v) is 12.5. The van der Waals surface area contributed by atoms with Gasteiger partial charge in [0.2, 0.25) is 0 Å². The van der Waals surface area contributed by atoms with E-state index < -0.39 is 0 Å². The normalized spacial score (nSPS) is 20.7. The van der Waals surface area contributed by atoms with E-state index >= 15 is 0 Å². The molecule has 1 aromatic heterocycles. The number of ether oxygens (including phenoxy) is 1. The molecule has 0 saturated carbocycles. The molecule has 1 aromatic carbocycles. The summed E-state index contributed by atoms with van der Waals surface area (Å²) in [5.41, 5.74) is 5.84. The monoisotopic (exact) mass is 308 g/mol. The number of rotatable bonds is 2. The molecule has 4 nitrogen and oxygen atoms in total. The topological polar surface area (TPSA) is 55.6 Å². The third-order valence-electron chi connectivity index (χ3n) is 3.66. The van der Waals surface area contributed by atoms with Gasteiger partial charge in [-0.3, -0.25) is 4.79 Å². The van der Waals surface area contributed by atoms with Crippen LogP contribution in [0.2, 0.25) is 0 Å². The molecule has 21 heavy (non-hydrogen) atoms. The summed E-state index contributed by atoms with van der Waals surface area (Å²) in [7, 11) is 0. The number of nitrogens with two attached hydrogens (primary N) is 1. The third-order valence-corrected chi connectivity index (χ3v) is 4.75. The minimum Gasteiger partial charge on any atom is -0.373 e. The lowest BCUT2D eigenvalue weighted by Crippen LogP contribution is -2.51. The fourth-order valence-corrected chi connectivity index (χ4v) is 3.50. The van der Waals surface area contributed by atoms with Crippen molar-refractivity contribution >= 4 is 27.3 Å². The first-order valence-corrected chi connectivity index (χ1v) is 7.72. The Kier molecular flexibility index (Phi) is 3.93. The van der Waals surface area contributed by atoms with E-state index in [1.54, 1.807) is 11.0 Å². The average molecular weight is 308 g/mol. The van der Waals surface area contributed by atoms with Crippen molar-refractivity contribution in [1.29, 1.82) is 0 Å². The van der Waals surface area contributed by atoms with Crippen LogP contribution in [-0.2, 0) is 4.74 Å². The standard InChI is InChI=1S/C15H17FN2O2S/c1-9(17)12-8-18(4-5-20-12)15(19)14-6-10-2-3-11(16)7-13(10)21-14/h2-3,6-7,9,12H,4-5,8,17H2,1H3. The van der Waals surface area contributed by atoms with Gasteiger partial charge in [0.1, 0.15) is 5.82 Å². The molecule has 2 atom stereocenters. The molecule has 1 aliphatic heterocycles. The fraction of sp³-hybridized carbons (Fsp3) is 0.400. The smallest absolute Gasteiger partial charge is 0.264 e. The second kappa shape index (κ2) is 5.71. The van der Waals surface area contributed by atoms with Gasteiger partial charge in [0.25, 0.3) is 5.91 Å². The summed E-state index contributed by atoms with van der Waals surface area (Å²) in [6.07, 6.45) is -0.130. The van der Waals surface area contributed by atoms with Crippen molar-refractivity contribution in [2.24, 2.45) is 5.73 Å². The molecule has 0 aliphatic carbocycles. The molecule has 1 amide bonds. The van der Waals surface area contributed by atoms with Crippen molar-refractivity contribution in [3.05, 3.63) is 35.0 Å². The van der Waals surface area contributed by atoms with Crippen molar-refractivity contribution in [2.75, 3.05) is 19.7 Å². The van der Waals surface area contributed by atoms with E-state index in [1.165, 1.54) is 23.5 Å². The number of fused-ring (bicyclic) bond motifs is 1. The average Bonchev–Trinajstić information content (AvgIpc) is 2.89. The van der Waals surface area contributed by atoms with E-state index in [2.05, 4.69) is 0 Å². The molecular formula is C15H17FN2O2S. The Bertz CT molecular complexity index is 671. The summed E-state index contributed by atoms with van der Waals surface area (Å²) >= 11 is 1.32. The van der Waals surface area contributed by atoms with Gasteiger partial charge in [-0.25, -0.2) is 4.39 Å². The summed E-state index contributed by atoms with van der Waals surface area (Å²) in [5.74, 6) is -0.322. The lowest BCUT2D eigenvalue weighted by molar-refractivity contribution is -0.0298. The van der Waals surface area contributed by atoms with Crippen molar-refractivity contribution in [1.82, 2.24) is 4.90 Å². The Balaban J connectivity index is 1.82. The van der Waals surface area contributed by atoms with Crippen LogP contribution < -0.4 is 5.73 Å². The minimum absolute atomic E-state index is 0.0365. The molecule has 2 N–H and O–H groups in total. The van der Waals surface area contributed by atoms with E-state index in [0.717, 1.165) is 10.1 Å². The largest absolute Gasteiger partial charge is 0.373 e. The molecule has 0 spiro atoms. The first-order chi connectivity index (χ1) is 10.0. The lowest BCUT2D eigenvalue weighted by atomic mass is 10.1. The molecule has 112 valence electrons. The number of amides is 1. The quantitative estimate of drug-likeness (QED) is 0.925. The first-order valence-electron chi connectivity index (χ1n) is 6.90.